The van der Waals surface area contributed by atoms with Crippen molar-refractivity contribution in [3.63, 3.8) is 0 Å². The zero-order chi connectivity index (χ0) is 15.5. The fourth-order valence-corrected chi connectivity index (χ4v) is 4.97. The maximum absolute atomic E-state index is 12.3. The lowest BCUT2D eigenvalue weighted by molar-refractivity contribution is 0.260. The predicted octanol–water partition coefficient (Wildman–Crippen LogP) is 4.32. The Labute approximate surface area is 141 Å². The van der Waals surface area contributed by atoms with E-state index in [1.807, 2.05) is 0 Å². The van der Waals surface area contributed by atoms with E-state index in [0.29, 0.717) is 34.3 Å². The van der Waals surface area contributed by atoms with Crippen LogP contribution in [0.25, 0.3) is 0 Å². The Bertz CT molecular complexity index is 572. The molecular weight excluding hydrogens is 353 g/mol. The Morgan fingerprint density at radius 1 is 1.05 bits per heavy atom. The monoisotopic (exact) mass is 369 g/mol. The smallest absolute Gasteiger partial charge is 0.211 e. The first-order chi connectivity index (χ1) is 9.92. The van der Waals surface area contributed by atoms with E-state index < -0.39 is 10.0 Å². The highest BCUT2D eigenvalue weighted by Gasteiger charge is 2.26. The molecule has 2 atom stereocenters. The number of hydrogen-bond acceptors (Lipinski definition) is 2. The Morgan fingerprint density at radius 3 is 2.19 bits per heavy atom. The molecule has 21 heavy (non-hydrogen) atoms. The SMILES string of the molecule is O=S(=O)(NCC1CCCCC1CCl)c1cc(Cl)cc(Cl)c1. The van der Waals surface area contributed by atoms with Gasteiger partial charge in [0.25, 0.3) is 0 Å². The molecule has 118 valence electrons. The van der Waals surface area contributed by atoms with Crippen molar-refractivity contribution in [3.05, 3.63) is 28.2 Å². The molecule has 1 aliphatic rings. The largest absolute Gasteiger partial charge is 0.240 e. The Hall–Kier alpha value is -0.000000000000000139. The molecule has 1 N–H and O–H groups in total. The van der Waals surface area contributed by atoms with Crippen LogP contribution in [0.2, 0.25) is 10.0 Å². The number of sulfonamides is 1. The molecule has 1 saturated carbocycles. The van der Waals surface area contributed by atoms with E-state index in [2.05, 4.69) is 4.72 Å². The van der Waals surface area contributed by atoms with E-state index in [1.165, 1.54) is 24.6 Å². The van der Waals surface area contributed by atoms with Crippen molar-refractivity contribution >= 4 is 44.8 Å². The van der Waals surface area contributed by atoms with Crippen LogP contribution in [-0.4, -0.2) is 20.8 Å². The maximum Gasteiger partial charge on any atom is 0.240 e. The van der Waals surface area contributed by atoms with Crippen molar-refractivity contribution in [1.29, 1.82) is 0 Å². The van der Waals surface area contributed by atoms with E-state index in [-0.39, 0.29) is 4.90 Å². The van der Waals surface area contributed by atoms with Crippen molar-refractivity contribution in [2.24, 2.45) is 11.8 Å². The minimum atomic E-state index is -3.60. The van der Waals surface area contributed by atoms with Crippen molar-refractivity contribution in [1.82, 2.24) is 4.72 Å². The third-order valence-corrected chi connectivity index (χ3v) is 6.18. The molecule has 0 radical (unpaired) electrons. The third kappa shape index (κ3) is 4.73. The van der Waals surface area contributed by atoms with E-state index in [9.17, 15) is 8.42 Å². The Kier molecular flexibility index (Phi) is 6.21. The summed E-state index contributed by atoms with van der Waals surface area (Å²) in [6, 6.07) is 4.30. The standard InChI is InChI=1S/C14H18Cl3NO2S/c15-8-10-3-1-2-4-11(10)9-18-21(19,20)14-6-12(16)5-13(17)7-14/h5-7,10-11,18H,1-4,8-9H2. The molecule has 1 fully saturated rings. The number of nitrogens with one attached hydrogen (secondary N) is 1. The fraction of sp³-hybridized carbons (Fsp3) is 0.571. The molecular formula is C14H18Cl3NO2S. The van der Waals surface area contributed by atoms with Gasteiger partial charge in [0.1, 0.15) is 0 Å². The first-order valence-electron chi connectivity index (χ1n) is 6.94. The molecule has 0 aromatic heterocycles. The van der Waals surface area contributed by atoms with Crippen LogP contribution in [0.1, 0.15) is 25.7 Å². The van der Waals surface area contributed by atoms with Crippen LogP contribution in [0.4, 0.5) is 0 Å². The molecule has 0 bridgehead atoms. The predicted molar refractivity (Wildman–Crippen MR) is 87.8 cm³/mol. The average molecular weight is 371 g/mol. The van der Waals surface area contributed by atoms with Gasteiger partial charge in [0.15, 0.2) is 0 Å². The highest BCUT2D eigenvalue weighted by atomic mass is 35.5. The first-order valence-corrected chi connectivity index (χ1v) is 9.71. The molecule has 3 nitrogen and oxygen atoms in total. The summed E-state index contributed by atoms with van der Waals surface area (Å²) in [4.78, 5) is 0.0956. The van der Waals surface area contributed by atoms with Gasteiger partial charge in [-0.1, -0.05) is 36.0 Å². The number of benzene rings is 1. The van der Waals surface area contributed by atoms with E-state index in [4.69, 9.17) is 34.8 Å². The number of rotatable bonds is 5. The van der Waals surface area contributed by atoms with Gasteiger partial charge in [0.2, 0.25) is 10.0 Å². The maximum atomic E-state index is 12.3. The highest BCUT2D eigenvalue weighted by molar-refractivity contribution is 7.89. The normalized spacial score (nSPS) is 23.2. The van der Waals surface area contributed by atoms with Crippen LogP contribution in [0.15, 0.2) is 23.1 Å². The van der Waals surface area contributed by atoms with Crippen LogP contribution in [0, 0.1) is 11.8 Å². The molecule has 1 aromatic carbocycles. The molecule has 0 amide bonds. The van der Waals surface area contributed by atoms with Gasteiger partial charge in [0.05, 0.1) is 4.90 Å². The van der Waals surface area contributed by atoms with Gasteiger partial charge in [0, 0.05) is 22.5 Å². The highest BCUT2D eigenvalue weighted by Crippen LogP contribution is 2.31. The first kappa shape index (κ1) is 17.4. The van der Waals surface area contributed by atoms with Crippen molar-refractivity contribution in [2.75, 3.05) is 12.4 Å². The van der Waals surface area contributed by atoms with Crippen LogP contribution in [0.3, 0.4) is 0 Å². The molecule has 7 heteroatoms. The molecule has 0 aliphatic heterocycles. The Balaban J connectivity index is 2.07. The summed E-state index contributed by atoms with van der Waals surface area (Å²) in [5, 5.41) is 0.610. The zero-order valence-electron chi connectivity index (χ0n) is 11.5. The second-order valence-electron chi connectivity index (χ2n) is 5.42. The van der Waals surface area contributed by atoms with Gasteiger partial charge in [-0.2, -0.15) is 0 Å². The molecule has 1 aliphatic carbocycles. The second-order valence-corrected chi connectivity index (χ2v) is 8.36. The minimum absolute atomic E-state index is 0.0956. The summed E-state index contributed by atoms with van der Waals surface area (Å²) in [5.74, 6) is 1.25. The van der Waals surface area contributed by atoms with Gasteiger partial charge in [-0.15, -0.1) is 11.6 Å². The number of alkyl halides is 1. The summed E-state index contributed by atoms with van der Waals surface area (Å²) < 4.78 is 27.3. The van der Waals surface area contributed by atoms with Gasteiger partial charge in [-0.05, 0) is 42.9 Å². The van der Waals surface area contributed by atoms with Crippen molar-refractivity contribution < 1.29 is 8.42 Å². The second kappa shape index (κ2) is 7.51. The van der Waals surface area contributed by atoms with Gasteiger partial charge < -0.3 is 0 Å². The van der Waals surface area contributed by atoms with E-state index in [0.717, 1.165) is 19.3 Å². The lowest BCUT2D eigenvalue weighted by Gasteiger charge is -2.30. The quantitative estimate of drug-likeness (QED) is 0.785. The topological polar surface area (TPSA) is 46.2 Å². The molecule has 2 unspecified atom stereocenters. The summed E-state index contributed by atoms with van der Waals surface area (Å²) in [7, 11) is -3.60. The third-order valence-electron chi connectivity index (χ3n) is 3.95. The number of hydrogen-bond donors (Lipinski definition) is 1. The van der Waals surface area contributed by atoms with Crippen molar-refractivity contribution in [2.45, 2.75) is 30.6 Å². The van der Waals surface area contributed by atoms with Crippen LogP contribution < -0.4 is 4.72 Å². The molecule has 0 spiro atoms. The van der Waals surface area contributed by atoms with Crippen LogP contribution in [-0.2, 0) is 10.0 Å². The lowest BCUT2D eigenvalue weighted by Crippen LogP contribution is -2.34. The molecule has 0 saturated heterocycles. The Morgan fingerprint density at radius 2 is 1.62 bits per heavy atom. The summed E-state index contributed by atoms with van der Waals surface area (Å²) in [5.41, 5.74) is 0. The summed E-state index contributed by atoms with van der Waals surface area (Å²) in [6.45, 7) is 0.407. The summed E-state index contributed by atoms with van der Waals surface area (Å²) >= 11 is 17.7. The van der Waals surface area contributed by atoms with Gasteiger partial charge in [-0.3, -0.25) is 0 Å². The van der Waals surface area contributed by atoms with E-state index in [1.54, 1.807) is 0 Å². The van der Waals surface area contributed by atoms with Gasteiger partial charge >= 0.3 is 0 Å². The molecule has 2 rings (SSSR count). The van der Waals surface area contributed by atoms with Crippen LogP contribution in [0.5, 0.6) is 0 Å². The molecule has 0 heterocycles. The lowest BCUT2D eigenvalue weighted by atomic mass is 9.80. The summed E-state index contributed by atoms with van der Waals surface area (Å²) in [6.07, 6.45) is 4.38. The fourth-order valence-electron chi connectivity index (χ4n) is 2.74. The zero-order valence-corrected chi connectivity index (χ0v) is 14.6. The van der Waals surface area contributed by atoms with Crippen LogP contribution >= 0.6 is 34.8 Å². The van der Waals surface area contributed by atoms with E-state index >= 15 is 0 Å². The average Bonchev–Trinajstić information content (AvgIpc) is 2.44. The number of halogens is 3. The minimum Gasteiger partial charge on any atom is -0.211 e. The molecule has 1 aromatic rings. The van der Waals surface area contributed by atoms with Gasteiger partial charge in [-0.25, -0.2) is 13.1 Å². The van der Waals surface area contributed by atoms with Crippen molar-refractivity contribution in [3.8, 4) is 0 Å².